The number of rotatable bonds is 6. The van der Waals surface area contributed by atoms with Crippen molar-refractivity contribution in [2.75, 3.05) is 20.3 Å². The van der Waals surface area contributed by atoms with E-state index in [1.807, 2.05) is 0 Å². The van der Waals surface area contributed by atoms with Gasteiger partial charge in [0.05, 0.1) is 7.11 Å². The number of fused-ring (bicyclic) bond motifs is 2. The topological polar surface area (TPSA) is 27.7 Å². The Hall–Kier alpha value is -1.06. The third kappa shape index (κ3) is 3.88. The first-order valence-corrected chi connectivity index (χ1v) is 10.2. The SMILES string of the molecule is COc1cccc2c1CC1CC[C@H](CCCOC3CCCCO3)[C@H]1C2. The van der Waals surface area contributed by atoms with Gasteiger partial charge in [-0.25, -0.2) is 0 Å². The third-order valence-corrected chi connectivity index (χ3v) is 6.65. The molecule has 0 N–H and O–H groups in total. The Labute approximate surface area is 152 Å². The van der Waals surface area contributed by atoms with Crippen LogP contribution in [0.3, 0.4) is 0 Å². The summed E-state index contributed by atoms with van der Waals surface area (Å²) in [6.07, 6.45) is 11.3. The highest BCUT2D eigenvalue weighted by Gasteiger charge is 2.39. The molecule has 4 rings (SSSR count). The summed E-state index contributed by atoms with van der Waals surface area (Å²) in [6.45, 7) is 1.74. The lowest BCUT2D eigenvalue weighted by Crippen LogP contribution is -2.26. The fraction of sp³-hybridized carbons (Fsp3) is 0.727. The number of methoxy groups -OCH3 is 1. The summed E-state index contributed by atoms with van der Waals surface area (Å²) in [5.74, 6) is 3.70. The molecule has 0 bridgehead atoms. The first-order valence-electron chi connectivity index (χ1n) is 10.2. The van der Waals surface area contributed by atoms with Crippen LogP contribution in [-0.4, -0.2) is 26.6 Å². The van der Waals surface area contributed by atoms with Gasteiger partial charge in [0.25, 0.3) is 0 Å². The summed E-state index contributed by atoms with van der Waals surface area (Å²) in [5.41, 5.74) is 3.00. The fourth-order valence-corrected chi connectivity index (χ4v) is 5.33. The predicted octanol–water partition coefficient (Wildman–Crippen LogP) is 4.76. The van der Waals surface area contributed by atoms with Crippen molar-refractivity contribution in [3.63, 3.8) is 0 Å². The Balaban J connectivity index is 1.28. The Morgan fingerprint density at radius 2 is 2.08 bits per heavy atom. The summed E-state index contributed by atoms with van der Waals surface area (Å²) in [6, 6.07) is 6.59. The quantitative estimate of drug-likeness (QED) is 0.696. The minimum atomic E-state index is 0.0686. The van der Waals surface area contributed by atoms with Gasteiger partial charge >= 0.3 is 0 Å². The van der Waals surface area contributed by atoms with Crippen LogP contribution in [0.5, 0.6) is 5.75 Å². The summed E-state index contributed by atoms with van der Waals surface area (Å²) in [7, 11) is 1.80. The molecule has 2 unspecified atom stereocenters. The van der Waals surface area contributed by atoms with Gasteiger partial charge in [0, 0.05) is 13.2 Å². The van der Waals surface area contributed by atoms with Gasteiger partial charge in [0.1, 0.15) is 5.75 Å². The van der Waals surface area contributed by atoms with Crippen molar-refractivity contribution in [1.82, 2.24) is 0 Å². The van der Waals surface area contributed by atoms with Crippen LogP contribution < -0.4 is 4.74 Å². The van der Waals surface area contributed by atoms with Crippen LogP contribution in [0.4, 0.5) is 0 Å². The molecule has 1 aliphatic heterocycles. The third-order valence-electron chi connectivity index (χ3n) is 6.65. The van der Waals surface area contributed by atoms with E-state index in [4.69, 9.17) is 14.2 Å². The summed E-state index contributed by atoms with van der Waals surface area (Å²) in [4.78, 5) is 0. The van der Waals surface area contributed by atoms with Gasteiger partial charge in [-0.3, -0.25) is 0 Å². The Morgan fingerprint density at radius 3 is 2.92 bits per heavy atom. The van der Waals surface area contributed by atoms with E-state index in [9.17, 15) is 0 Å². The number of ether oxygens (including phenoxy) is 3. The van der Waals surface area contributed by atoms with Crippen LogP contribution in [0.25, 0.3) is 0 Å². The van der Waals surface area contributed by atoms with Gasteiger partial charge in [-0.05, 0) is 92.7 Å². The zero-order valence-electron chi connectivity index (χ0n) is 15.5. The lowest BCUT2D eigenvalue weighted by Gasteiger charge is -2.32. The van der Waals surface area contributed by atoms with Crippen molar-refractivity contribution in [1.29, 1.82) is 0 Å². The second kappa shape index (κ2) is 8.09. The van der Waals surface area contributed by atoms with E-state index in [1.54, 1.807) is 7.11 Å². The van der Waals surface area contributed by atoms with Crippen molar-refractivity contribution >= 4 is 0 Å². The fourth-order valence-electron chi connectivity index (χ4n) is 5.33. The molecule has 1 saturated heterocycles. The molecule has 3 nitrogen and oxygen atoms in total. The highest BCUT2D eigenvalue weighted by Crippen LogP contribution is 2.48. The maximum Gasteiger partial charge on any atom is 0.157 e. The van der Waals surface area contributed by atoms with Gasteiger partial charge in [-0.15, -0.1) is 0 Å². The van der Waals surface area contributed by atoms with E-state index in [0.29, 0.717) is 0 Å². The molecule has 0 aromatic heterocycles. The smallest absolute Gasteiger partial charge is 0.157 e. The van der Waals surface area contributed by atoms with Crippen LogP contribution in [0.1, 0.15) is 56.1 Å². The molecule has 3 heteroatoms. The van der Waals surface area contributed by atoms with Crippen molar-refractivity contribution in [2.24, 2.45) is 17.8 Å². The van der Waals surface area contributed by atoms with Crippen molar-refractivity contribution in [2.45, 2.75) is 64.1 Å². The maximum absolute atomic E-state index is 5.93. The van der Waals surface area contributed by atoms with E-state index >= 15 is 0 Å². The average Bonchev–Trinajstić information content (AvgIpc) is 3.06. The van der Waals surface area contributed by atoms with Crippen LogP contribution in [-0.2, 0) is 22.3 Å². The van der Waals surface area contributed by atoms with Crippen LogP contribution in [0, 0.1) is 17.8 Å². The zero-order valence-corrected chi connectivity index (χ0v) is 15.5. The maximum atomic E-state index is 5.93. The van der Waals surface area contributed by atoms with Crippen LogP contribution >= 0.6 is 0 Å². The molecule has 4 atom stereocenters. The molecular weight excluding hydrogens is 312 g/mol. The van der Waals surface area contributed by atoms with E-state index in [2.05, 4.69) is 18.2 Å². The molecule has 138 valence electrons. The zero-order chi connectivity index (χ0) is 17.1. The first-order chi connectivity index (χ1) is 12.3. The minimum Gasteiger partial charge on any atom is -0.496 e. The lowest BCUT2D eigenvalue weighted by atomic mass is 9.74. The summed E-state index contributed by atoms with van der Waals surface area (Å²) >= 11 is 0. The molecule has 2 aliphatic carbocycles. The molecule has 1 heterocycles. The second-order valence-corrected chi connectivity index (χ2v) is 8.08. The average molecular weight is 344 g/mol. The van der Waals surface area contributed by atoms with Crippen LogP contribution in [0.15, 0.2) is 18.2 Å². The monoisotopic (exact) mass is 344 g/mol. The molecule has 25 heavy (non-hydrogen) atoms. The van der Waals surface area contributed by atoms with Crippen molar-refractivity contribution in [3.8, 4) is 5.75 Å². The van der Waals surface area contributed by atoms with E-state index in [1.165, 1.54) is 62.5 Å². The van der Waals surface area contributed by atoms with Gasteiger partial charge in [-0.1, -0.05) is 12.1 Å². The summed E-state index contributed by atoms with van der Waals surface area (Å²) < 4.78 is 17.2. The number of hydrogen-bond donors (Lipinski definition) is 0. The van der Waals surface area contributed by atoms with Crippen LogP contribution in [0.2, 0.25) is 0 Å². The van der Waals surface area contributed by atoms with E-state index in [0.717, 1.165) is 43.1 Å². The standard InChI is InChI=1S/C22H32O3/c1-23-21-8-4-6-17-14-19-16(10-11-18(19)15-20(17)21)7-5-13-25-22-9-2-3-12-24-22/h4,6,8,16,18-19,22H,2-3,5,7,9-15H2,1H3/t16-,18?,19+,22?/m0/s1. The molecule has 0 radical (unpaired) electrons. The normalized spacial score (nSPS) is 31.4. The van der Waals surface area contributed by atoms with Gasteiger partial charge in [0.15, 0.2) is 6.29 Å². The predicted molar refractivity (Wildman–Crippen MR) is 98.9 cm³/mol. The lowest BCUT2D eigenvalue weighted by molar-refractivity contribution is -0.163. The molecule has 3 aliphatic rings. The molecule has 1 aromatic rings. The Kier molecular flexibility index (Phi) is 5.62. The highest BCUT2D eigenvalue weighted by atomic mass is 16.7. The van der Waals surface area contributed by atoms with Gasteiger partial charge in [0.2, 0.25) is 0 Å². The molecular formula is C22H32O3. The Morgan fingerprint density at radius 1 is 1.12 bits per heavy atom. The molecule has 0 spiro atoms. The molecule has 1 saturated carbocycles. The number of benzene rings is 1. The first kappa shape index (κ1) is 17.4. The van der Waals surface area contributed by atoms with Gasteiger partial charge in [-0.2, -0.15) is 0 Å². The molecule has 1 aromatic carbocycles. The number of hydrogen-bond acceptors (Lipinski definition) is 3. The van der Waals surface area contributed by atoms with E-state index in [-0.39, 0.29) is 6.29 Å². The highest BCUT2D eigenvalue weighted by molar-refractivity contribution is 5.42. The van der Waals surface area contributed by atoms with E-state index < -0.39 is 0 Å². The minimum absolute atomic E-state index is 0.0686. The van der Waals surface area contributed by atoms with Gasteiger partial charge < -0.3 is 14.2 Å². The Bertz CT molecular complexity index is 564. The second-order valence-electron chi connectivity index (χ2n) is 8.08. The largest absolute Gasteiger partial charge is 0.496 e. The van der Waals surface area contributed by atoms with Crippen molar-refractivity contribution in [3.05, 3.63) is 29.3 Å². The van der Waals surface area contributed by atoms with Crippen molar-refractivity contribution < 1.29 is 14.2 Å². The molecule has 2 fully saturated rings. The summed E-state index contributed by atoms with van der Waals surface area (Å²) in [5, 5.41) is 0. The molecule has 0 amide bonds.